The number of aliphatic hydroxyl groups is 2. The number of ether oxygens (including phenoxy) is 3. The van der Waals surface area contributed by atoms with E-state index in [9.17, 15) is 20.1 Å². The molecule has 7 heteroatoms. The van der Waals surface area contributed by atoms with E-state index in [4.69, 9.17) is 14.2 Å². The molecule has 0 radical (unpaired) electrons. The summed E-state index contributed by atoms with van der Waals surface area (Å²) in [6.07, 6.45) is -0.0164. The standard InChI is InChI=1S/C15H18O7/c1-20-12-6-9(2-4-10(12)16)3-5-14(18)22-8-13-15(19)11(17)7-21-13/h2-6,11,13,15-17,19H,7-8H2,1H3/t11-,13-,15+/m0/s1. The number of aliphatic hydroxyl groups excluding tert-OH is 2. The number of benzene rings is 1. The van der Waals surface area contributed by atoms with Crippen LogP contribution in [0.4, 0.5) is 0 Å². The zero-order valence-corrected chi connectivity index (χ0v) is 12.0. The number of phenolic OH excluding ortho intramolecular Hbond substituents is 1. The zero-order chi connectivity index (χ0) is 16.1. The average Bonchev–Trinajstić information content (AvgIpc) is 2.83. The van der Waals surface area contributed by atoms with Gasteiger partial charge in [-0.25, -0.2) is 4.79 Å². The Hall–Kier alpha value is -2.09. The molecule has 0 spiro atoms. The fourth-order valence-corrected chi connectivity index (χ4v) is 1.99. The number of aromatic hydroxyl groups is 1. The maximum atomic E-state index is 11.6. The minimum atomic E-state index is -1.06. The summed E-state index contributed by atoms with van der Waals surface area (Å²) in [6.45, 7) is -0.118. The van der Waals surface area contributed by atoms with Gasteiger partial charge in [0.25, 0.3) is 0 Å². The Bertz CT molecular complexity index is 555. The Morgan fingerprint density at radius 3 is 2.86 bits per heavy atom. The third-order valence-corrected chi connectivity index (χ3v) is 3.26. The maximum absolute atomic E-state index is 11.6. The van der Waals surface area contributed by atoms with Crippen LogP contribution in [0, 0.1) is 0 Å². The highest BCUT2D eigenvalue weighted by atomic mass is 16.6. The summed E-state index contributed by atoms with van der Waals surface area (Å²) in [6, 6.07) is 4.63. The number of rotatable bonds is 5. The molecular formula is C15H18O7. The summed E-state index contributed by atoms with van der Waals surface area (Å²) in [4.78, 5) is 11.6. The van der Waals surface area contributed by atoms with Gasteiger partial charge in [0.05, 0.1) is 13.7 Å². The first kappa shape index (κ1) is 16.3. The van der Waals surface area contributed by atoms with Crippen LogP contribution in [0.15, 0.2) is 24.3 Å². The van der Waals surface area contributed by atoms with Crippen molar-refractivity contribution in [3.8, 4) is 11.5 Å². The van der Waals surface area contributed by atoms with Crippen molar-refractivity contribution < 1.29 is 34.3 Å². The predicted molar refractivity (Wildman–Crippen MR) is 76.4 cm³/mol. The quantitative estimate of drug-likeness (QED) is 0.522. The van der Waals surface area contributed by atoms with Crippen LogP contribution in [0.5, 0.6) is 11.5 Å². The van der Waals surface area contributed by atoms with Crippen LogP contribution >= 0.6 is 0 Å². The van der Waals surface area contributed by atoms with Crippen LogP contribution in [-0.2, 0) is 14.3 Å². The molecule has 3 N–H and O–H groups in total. The van der Waals surface area contributed by atoms with Gasteiger partial charge in [-0.1, -0.05) is 6.07 Å². The van der Waals surface area contributed by atoms with Gasteiger partial charge in [-0.2, -0.15) is 0 Å². The predicted octanol–water partition coefficient (Wildman–Crippen LogP) is 0.0778. The third-order valence-electron chi connectivity index (χ3n) is 3.26. The van der Waals surface area contributed by atoms with E-state index in [1.54, 1.807) is 12.1 Å². The summed E-state index contributed by atoms with van der Waals surface area (Å²) >= 11 is 0. The fraction of sp³-hybridized carbons (Fsp3) is 0.400. The zero-order valence-electron chi connectivity index (χ0n) is 12.0. The van der Waals surface area contributed by atoms with Crippen LogP contribution in [0.3, 0.4) is 0 Å². The average molecular weight is 310 g/mol. The molecule has 22 heavy (non-hydrogen) atoms. The van der Waals surface area contributed by atoms with E-state index in [1.165, 1.54) is 25.3 Å². The molecule has 120 valence electrons. The summed E-state index contributed by atoms with van der Waals surface area (Å²) in [5.74, 6) is -0.302. The lowest BCUT2D eigenvalue weighted by atomic mass is 10.1. The summed E-state index contributed by atoms with van der Waals surface area (Å²) in [7, 11) is 1.43. The van der Waals surface area contributed by atoms with Crippen LogP contribution in [-0.4, -0.2) is 59.9 Å². The molecule has 7 nitrogen and oxygen atoms in total. The van der Waals surface area contributed by atoms with Gasteiger partial charge >= 0.3 is 5.97 Å². The number of phenols is 1. The van der Waals surface area contributed by atoms with Gasteiger partial charge in [0.2, 0.25) is 0 Å². The van der Waals surface area contributed by atoms with Crippen molar-refractivity contribution >= 4 is 12.0 Å². The number of methoxy groups -OCH3 is 1. The van der Waals surface area contributed by atoms with E-state index in [-0.39, 0.29) is 19.0 Å². The molecule has 0 saturated carbocycles. The van der Waals surface area contributed by atoms with E-state index in [0.29, 0.717) is 11.3 Å². The van der Waals surface area contributed by atoms with E-state index in [2.05, 4.69) is 0 Å². The Morgan fingerprint density at radius 2 is 2.23 bits per heavy atom. The molecule has 1 aromatic rings. The highest BCUT2D eigenvalue weighted by Gasteiger charge is 2.35. The van der Waals surface area contributed by atoms with Crippen LogP contribution in [0.2, 0.25) is 0 Å². The summed E-state index contributed by atoms with van der Waals surface area (Å²) in [5, 5.41) is 28.3. The minimum absolute atomic E-state index is 0.00755. The van der Waals surface area contributed by atoms with Crippen molar-refractivity contribution in [2.75, 3.05) is 20.3 Å². The van der Waals surface area contributed by atoms with Gasteiger partial charge in [0, 0.05) is 6.08 Å². The van der Waals surface area contributed by atoms with E-state index < -0.39 is 24.3 Å². The molecule has 0 amide bonds. The second-order valence-electron chi connectivity index (χ2n) is 4.82. The Balaban J connectivity index is 1.86. The van der Waals surface area contributed by atoms with Crippen molar-refractivity contribution in [2.45, 2.75) is 18.3 Å². The molecule has 0 bridgehead atoms. The summed E-state index contributed by atoms with van der Waals surface area (Å²) in [5.41, 5.74) is 0.652. The number of esters is 1. The van der Waals surface area contributed by atoms with E-state index in [0.717, 1.165) is 0 Å². The van der Waals surface area contributed by atoms with Crippen molar-refractivity contribution in [3.05, 3.63) is 29.8 Å². The highest BCUT2D eigenvalue weighted by Crippen LogP contribution is 2.26. The van der Waals surface area contributed by atoms with E-state index in [1.807, 2.05) is 0 Å². The number of carbonyl (C=O) groups is 1. The first-order valence-corrected chi connectivity index (χ1v) is 6.71. The molecule has 2 rings (SSSR count). The molecule has 1 aliphatic heterocycles. The first-order valence-electron chi connectivity index (χ1n) is 6.71. The highest BCUT2D eigenvalue weighted by molar-refractivity contribution is 5.87. The second-order valence-corrected chi connectivity index (χ2v) is 4.82. The molecule has 1 heterocycles. The lowest BCUT2D eigenvalue weighted by molar-refractivity contribution is -0.142. The smallest absolute Gasteiger partial charge is 0.330 e. The number of hydrogen-bond acceptors (Lipinski definition) is 7. The largest absolute Gasteiger partial charge is 0.504 e. The number of carbonyl (C=O) groups excluding carboxylic acids is 1. The van der Waals surface area contributed by atoms with Gasteiger partial charge < -0.3 is 29.5 Å². The summed E-state index contributed by atoms with van der Waals surface area (Å²) < 4.78 is 15.0. The second kappa shape index (κ2) is 7.26. The third kappa shape index (κ3) is 3.97. The minimum Gasteiger partial charge on any atom is -0.504 e. The molecule has 0 aliphatic carbocycles. The van der Waals surface area contributed by atoms with Crippen LogP contribution < -0.4 is 4.74 Å². The Kier molecular flexibility index (Phi) is 5.37. The normalized spacial score (nSPS) is 24.6. The SMILES string of the molecule is COc1cc(C=CC(=O)OC[C@@H]2OC[C@H](O)[C@H]2O)ccc1O. The molecule has 0 unspecified atom stereocenters. The first-order chi connectivity index (χ1) is 10.5. The van der Waals surface area contributed by atoms with Crippen molar-refractivity contribution in [1.29, 1.82) is 0 Å². The Labute approximate surface area is 127 Å². The van der Waals surface area contributed by atoms with E-state index >= 15 is 0 Å². The fourth-order valence-electron chi connectivity index (χ4n) is 1.99. The molecule has 1 saturated heterocycles. The van der Waals surface area contributed by atoms with Crippen LogP contribution in [0.25, 0.3) is 6.08 Å². The van der Waals surface area contributed by atoms with Gasteiger partial charge in [0.1, 0.15) is 24.9 Å². The van der Waals surface area contributed by atoms with Crippen molar-refractivity contribution in [2.24, 2.45) is 0 Å². The Morgan fingerprint density at radius 1 is 1.45 bits per heavy atom. The lowest BCUT2D eigenvalue weighted by Crippen LogP contribution is -2.33. The van der Waals surface area contributed by atoms with Gasteiger partial charge in [-0.3, -0.25) is 0 Å². The molecule has 0 aromatic heterocycles. The number of hydrogen-bond donors (Lipinski definition) is 3. The monoisotopic (exact) mass is 310 g/mol. The van der Waals surface area contributed by atoms with Gasteiger partial charge in [0.15, 0.2) is 11.5 Å². The molecule has 1 aliphatic rings. The van der Waals surface area contributed by atoms with Crippen molar-refractivity contribution in [1.82, 2.24) is 0 Å². The van der Waals surface area contributed by atoms with Gasteiger partial charge in [-0.05, 0) is 23.8 Å². The van der Waals surface area contributed by atoms with Gasteiger partial charge in [-0.15, -0.1) is 0 Å². The molecule has 1 aromatic carbocycles. The topological polar surface area (TPSA) is 105 Å². The maximum Gasteiger partial charge on any atom is 0.330 e. The molecular weight excluding hydrogens is 292 g/mol. The lowest BCUT2D eigenvalue weighted by Gasteiger charge is -2.13. The van der Waals surface area contributed by atoms with Crippen LogP contribution in [0.1, 0.15) is 5.56 Å². The molecule has 1 fully saturated rings. The van der Waals surface area contributed by atoms with Crippen molar-refractivity contribution in [3.63, 3.8) is 0 Å². The molecule has 3 atom stereocenters.